The van der Waals surface area contributed by atoms with Crippen LogP contribution in [0.5, 0.6) is 5.75 Å². The van der Waals surface area contributed by atoms with E-state index in [1.54, 1.807) is 42.5 Å². The summed E-state index contributed by atoms with van der Waals surface area (Å²) in [5.74, 6) is 0.168. The van der Waals surface area contributed by atoms with Crippen LogP contribution in [-0.2, 0) is 4.79 Å². The Bertz CT molecular complexity index is 826. The molecular weight excluding hydrogens is 340 g/mol. The SMILES string of the molecule is CCOc1ccc(NC(=O)/C(C#N)=C\Nc2ccc(N)cc2Cl)cc1. The molecule has 25 heavy (non-hydrogen) atoms. The molecule has 0 aliphatic rings. The van der Waals surface area contributed by atoms with Crippen molar-refractivity contribution < 1.29 is 9.53 Å². The Labute approximate surface area is 150 Å². The van der Waals surface area contributed by atoms with E-state index in [4.69, 9.17) is 22.1 Å². The number of halogens is 1. The van der Waals surface area contributed by atoms with Gasteiger partial charge < -0.3 is 21.1 Å². The summed E-state index contributed by atoms with van der Waals surface area (Å²) in [6.07, 6.45) is 1.29. The molecule has 0 spiro atoms. The maximum Gasteiger partial charge on any atom is 0.267 e. The first-order valence-electron chi connectivity index (χ1n) is 7.49. The summed E-state index contributed by atoms with van der Waals surface area (Å²) in [6, 6.07) is 13.6. The molecule has 0 aliphatic carbocycles. The lowest BCUT2D eigenvalue weighted by Gasteiger charge is -2.08. The largest absolute Gasteiger partial charge is 0.494 e. The van der Waals surface area contributed by atoms with Gasteiger partial charge in [-0.3, -0.25) is 4.79 Å². The summed E-state index contributed by atoms with van der Waals surface area (Å²) in [5.41, 5.74) is 7.14. The Morgan fingerprint density at radius 3 is 2.64 bits per heavy atom. The fourth-order valence-corrected chi connectivity index (χ4v) is 2.19. The minimum Gasteiger partial charge on any atom is -0.494 e. The average Bonchev–Trinajstić information content (AvgIpc) is 2.59. The van der Waals surface area contributed by atoms with Crippen LogP contribution in [0.2, 0.25) is 5.02 Å². The Hall–Kier alpha value is -3.17. The minimum atomic E-state index is -0.536. The van der Waals surface area contributed by atoms with Crippen LogP contribution in [0, 0.1) is 11.3 Å². The highest BCUT2D eigenvalue weighted by Crippen LogP contribution is 2.24. The van der Waals surface area contributed by atoms with Gasteiger partial charge >= 0.3 is 0 Å². The van der Waals surface area contributed by atoms with Crippen LogP contribution >= 0.6 is 11.6 Å². The van der Waals surface area contributed by atoms with Gasteiger partial charge in [0.1, 0.15) is 17.4 Å². The number of hydrogen-bond acceptors (Lipinski definition) is 5. The van der Waals surface area contributed by atoms with Crippen molar-refractivity contribution in [2.75, 3.05) is 23.0 Å². The number of amides is 1. The first-order chi connectivity index (χ1) is 12.0. The molecular formula is C18H17ClN4O2. The summed E-state index contributed by atoms with van der Waals surface area (Å²) < 4.78 is 5.33. The van der Waals surface area contributed by atoms with Crippen LogP contribution in [0.25, 0.3) is 0 Å². The van der Waals surface area contributed by atoms with Crippen LogP contribution in [0.3, 0.4) is 0 Å². The molecule has 0 saturated carbocycles. The molecule has 4 N–H and O–H groups in total. The standard InChI is InChI=1S/C18H17ClN4O2/c1-2-25-15-6-4-14(5-7-15)23-18(24)12(10-20)11-22-17-8-3-13(21)9-16(17)19/h3-9,11,22H,2,21H2,1H3,(H,23,24)/b12-11-. The summed E-state index contributed by atoms with van der Waals surface area (Å²) in [6.45, 7) is 2.45. The van der Waals surface area contributed by atoms with Crippen molar-refractivity contribution in [3.8, 4) is 11.8 Å². The van der Waals surface area contributed by atoms with Gasteiger partial charge in [0.2, 0.25) is 0 Å². The zero-order chi connectivity index (χ0) is 18.2. The lowest BCUT2D eigenvalue weighted by atomic mass is 10.2. The van der Waals surface area contributed by atoms with Crippen LogP contribution in [0.1, 0.15) is 6.92 Å². The van der Waals surface area contributed by atoms with E-state index in [0.717, 1.165) is 0 Å². The molecule has 1 amide bonds. The molecule has 0 atom stereocenters. The molecule has 0 bridgehead atoms. The zero-order valence-electron chi connectivity index (χ0n) is 13.5. The van der Waals surface area contributed by atoms with E-state index in [9.17, 15) is 10.1 Å². The van der Waals surface area contributed by atoms with Crippen LogP contribution in [0.4, 0.5) is 17.1 Å². The third kappa shape index (κ3) is 5.16. The highest BCUT2D eigenvalue weighted by atomic mass is 35.5. The highest BCUT2D eigenvalue weighted by Gasteiger charge is 2.10. The van der Waals surface area contributed by atoms with Gasteiger partial charge in [-0.05, 0) is 49.4 Å². The van der Waals surface area contributed by atoms with Crippen LogP contribution < -0.4 is 21.1 Å². The second-order valence-corrected chi connectivity index (χ2v) is 5.37. The van der Waals surface area contributed by atoms with Crippen molar-refractivity contribution in [3.05, 3.63) is 59.3 Å². The molecule has 2 aromatic carbocycles. The van der Waals surface area contributed by atoms with Crippen molar-refractivity contribution in [2.24, 2.45) is 0 Å². The molecule has 0 saturated heterocycles. The molecule has 0 radical (unpaired) electrons. The van der Waals surface area contributed by atoms with E-state index < -0.39 is 5.91 Å². The predicted molar refractivity (Wildman–Crippen MR) is 99.4 cm³/mol. The summed E-state index contributed by atoms with van der Waals surface area (Å²) in [5, 5.41) is 15.1. The topological polar surface area (TPSA) is 100 Å². The first kappa shape index (κ1) is 18.2. The number of hydrogen-bond donors (Lipinski definition) is 3. The van der Waals surface area contributed by atoms with Gasteiger partial charge in [0.15, 0.2) is 0 Å². The number of carbonyl (C=O) groups excluding carboxylic acids is 1. The highest BCUT2D eigenvalue weighted by molar-refractivity contribution is 6.33. The smallest absolute Gasteiger partial charge is 0.267 e. The van der Waals surface area contributed by atoms with E-state index in [1.165, 1.54) is 6.20 Å². The number of ether oxygens (including phenoxy) is 1. The Kier molecular flexibility index (Phi) is 6.26. The number of benzene rings is 2. The van der Waals surface area contributed by atoms with E-state index in [-0.39, 0.29) is 5.57 Å². The molecule has 0 fully saturated rings. The van der Waals surface area contributed by atoms with Gasteiger partial charge in [-0.2, -0.15) is 5.26 Å². The second kappa shape index (κ2) is 8.62. The zero-order valence-corrected chi connectivity index (χ0v) is 14.3. The number of nitrogen functional groups attached to an aromatic ring is 1. The lowest BCUT2D eigenvalue weighted by Crippen LogP contribution is -2.14. The van der Waals surface area contributed by atoms with Gasteiger partial charge in [0.25, 0.3) is 5.91 Å². The van der Waals surface area contributed by atoms with E-state index in [0.29, 0.717) is 34.4 Å². The Morgan fingerprint density at radius 1 is 1.32 bits per heavy atom. The number of nitrogens with one attached hydrogen (secondary N) is 2. The summed E-state index contributed by atoms with van der Waals surface area (Å²) in [4.78, 5) is 12.2. The van der Waals surface area contributed by atoms with E-state index in [2.05, 4.69) is 10.6 Å². The van der Waals surface area contributed by atoms with E-state index >= 15 is 0 Å². The number of anilines is 3. The van der Waals surface area contributed by atoms with Crippen molar-refractivity contribution >= 4 is 34.6 Å². The van der Waals surface area contributed by atoms with Crippen molar-refractivity contribution in [1.82, 2.24) is 0 Å². The lowest BCUT2D eigenvalue weighted by molar-refractivity contribution is -0.112. The third-order valence-corrected chi connectivity index (χ3v) is 3.47. The molecule has 0 unspecified atom stereocenters. The number of nitriles is 1. The van der Waals surface area contributed by atoms with Crippen LogP contribution in [-0.4, -0.2) is 12.5 Å². The molecule has 2 aromatic rings. The Morgan fingerprint density at radius 2 is 2.04 bits per heavy atom. The fraction of sp³-hybridized carbons (Fsp3) is 0.111. The van der Waals surface area contributed by atoms with Gasteiger partial charge in [0, 0.05) is 17.6 Å². The molecule has 0 aromatic heterocycles. The maximum atomic E-state index is 12.2. The first-order valence-corrected chi connectivity index (χ1v) is 7.87. The normalized spacial score (nSPS) is 10.7. The average molecular weight is 357 g/mol. The number of nitrogens with two attached hydrogens (primary N) is 1. The molecule has 128 valence electrons. The molecule has 6 nitrogen and oxygen atoms in total. The summed E-state index contributed by atoms with van der Waals surface area (Å²) >= 11 is 6.04. The maximum absolute atomic E-state index is 12.2. The monoisotopic (exact) mass is 356 g/mol. The number of nitrogens with zero attached hydrogens (tertiary/aromatic N) is 1. The molecule has 2 rings (SSSR count). The fourth-order valence-electron chi connectivity index (χ4n) is 1.95. The molecule has 7 heteroatoms. The molecule has 0 heterocycles. The van der Waals surface area contributed by atoms with Crippen LogP contribution in [0.15, 0.2) is 54.2 Å². The Balaban J connectivity index is 2.06. The minimum absolute atomic E-state index is 0.0956. The quantitative estimate of drug-likeness (QED) is 0.415. The van der Waals surface area contributed by atoms with Crippen molar-refractivity contribution in [1.29, 1.82) is 5.26 Å². The molecule has 0 aliphatic heterocycles. The number of carbonyl (C=O) groups is 1. The summed E-state index contributed by atoms with van der Waals surface area (Å²) in [7, 11) is 0. The van der Waals surface area contributed by atoms with E-state index in [1.807, 2.05) is 13.0 Å². The third-order valence-electron chi connectivity index (χ3n) is 3.15. The predicted octanol–water partition coefficient (Wildman–Crippen LogP) is 3.78. The second-order valence-electron chi connectivity index (χ2n) is 4.96. The van der Waals surface area contributed by atoms with Gasteiger partial charge in [-0.25, -0.2) is 0 Å². The van der Waals surface area contributed by atoms with Crippen molar-refractivity contribution in [2.45, 2.75) is 6.92 Å². The van der Waals surface area contributed by atoms with Gasteiger partial charge in [-0.15, -0.1) is 0 Å². The van der Waals surface area contributed by atoms with Gasteiger partial charge in [-0.1, -0.05) is 11.6 Å². The number of rotatable bonds is 6. The van der Waals surface area contributed by atoms with Gasteiger partial charge in [0.05, 0.1) is 17.3 Å². The van der Waals surface area contributed by atoms with Crippen molar-refractivity contribution in [3.63, 3.8) is 0 Å².